The number of amides is 1. The molecule has 6 nitrogen and oxygen atoms in total. The molecule has 0 unspecified atom stereocenters. The maximum atomic E-state index is 13.3. The van der Waals surface area contributed by atoms with Crippen LogP contribution in [0.3, 0.4) is 0 Å². The van der Waals surface area contributed by atoms with Crippen LogP contribution < -0.4 is 5.73 Å². The van der Waals surface area contributed by atoms with Crippen molar-refractivity contribution in [3.05, 3.63) is 35.6 Å². The number of hydrogen-bond donors (Lipinski definition) is 3. The van der Waals surface area contributed by atoms with Gasteiger partial charge in [0.05, 0.1) is 24.1 Å². The lowest BCUT2D eigenvalue weighted by Gasteiger charge is -2.43. The normalized spacial score (nSPS) is 32.4. The van der Waals surface area contributed by atoms with E-state index in [0.29, 0.717) is 17.6 Å². The number of hydrogen-bond acceptors (Lipinski definition) is 4. The number of halogens is 1. The molecule has 4 N–H and O–H groups in total. The highest BCUT2D eigenvalue weighted by Gasteiger charge is 2.56. The van der Waals surface area contributed by atoms with Crippen molar-refractivity contribution in [1.29, 1.82) is 0 Å². The summed E-state index contributed by atoms with van der Waals surface area (Å²) in [6, 6.07) is 5.26. The van der Waals surface area contributed by atoms with Crippen LogP contribution in [0.4, 0.5) is 4.39 Å². The van der Waals surface area contributed by atoms with E-state index in [1.165, 1.54) is 31.4 Å². The summed E-state index contributed by atoms with van der Waals surface area (Å²) in [6.45, 7) is 1.10. The minimum atomic E-state index is -1.04. The first-order valence-electron chi connectivity index (χ1n) is 10.8. The van der Waals surface area contributed by atoms with Gasteiger partial charge >= 0.3 is 0 Å². The Morgan fingerprint density at radius 1 is 1.10 bits per heavy atom. The van der Waals surface area contributed by atoms with Gasteiger partial charge in [-0.15, -0.1) is 0 Å². The van der Waals surface area contributed by atoms with Gasteiger partial charge < -0.3 is 25.7 Å². The fourth-order valence-electron chi connectivity index (χ4n) is 5.49. The van der Waals surface area contributed by atoms with Crippen LogP contribution in [0.15, 0.2) is 24.3 Å². The lowest BCUT2D eigenvalue weighted by atomic mass is 9.76. The smallest absolute Gasteiger partial charge is 0.222 e. The maximum absolute atomic E-state index is 13.3. The van der Waals surface area contributed by atoms with Crippen molar-refractivity contribution < 1.29 is 19.4 Å². The van der Waals surface area contributed by atoms with E-state index in [1.54, 1.807) is 12.1 Å². The van der Waals surface area contributed by atoms with Gasteiger partial charge in [0, 0.05) is 13.1 Å². The zero-order valence-corrected chi connectivity index (χ0v) is 17.8. The maximum Gasteiger partial charge on any atom is 0.222 e. The summed E-state index contributed by atoms with van der Waals surface area (Å²) < 4.78 is 13.3. The summed E-state index contributed by atoms with van der Waals surface area (Å²) >= 11 is 5.83. The Bertz CT molecular complexity index is 786. The third-order valence-electron chi connectivity index (χ3n) is 7.02. The molecule has 30 heavy (non-hydrogen) atoms. The average Bonchev–Trinajstić information content (AvgIpc) is 2.99. The van der Waals surface area contributed by atoms with Gasteiger partial charge in [0.25, 0.3) is 0 Å². The summed E-state index contributed by atoms with van der Waals surface area (Å²) in [5.74, 6) is -0.897. The SMILES string of the molecule is NC(=O)[C@@H]1C[C@@H](O)[C@H](O)[C@H]2[C@@H]1N(CC1CCCCC1)C(=S)N2Cc1ccc(F)cc1. The van der Waals surface area contributed by atoms with Gasteiger partial charge in [0.2, 0.25) is 5.91 Å². The molecule has 3 fully saturated rings. The number of benzene rings is 1. The fourth-order valence-corrected chi connectivity index (χ4v) is 5.87. The molecule has 0 aromatic heterocycles. The van der Waals surface area contributed by atoms with Gasteiger partial charge in [-0.2, -0.15) is 0 Å². The first-order chi connectivity index (χ1) is 14.4. The van der Waals surface area contributed by atoms with E-state index in [2.05, 4.69) is 4.90 Å². The van der Waals surface area contributed by atoms with Gasteiger partial charge in [0.15, 0.2) is 5.11 Å². The van der Waals surface area contributed by atoms with E-state index in [1.807, 2.05) is 4.90 Å². The molecule has 1 amide bonds. The van der Waals surface area contributed by atoms with Crippen molar-refractivity contribution >= 4 is 23.2 Å². The molecular weight excluding hydrogens is 405 g/mol. The van der Waals surface area contributed by atoms with Crippen LogP contribution in [-0.4, -0.2) is 61.9 Å². The molecule has 0 spiro atoms. The Kier molecular flexibility index (Phi) is 6.27. The van der Waals surface area contributed by atoms with Crippen molar-refractivity contribution in [2.24, 2.45) is 17.6 Å². The standard InChI is InChI=1S/C22H30FN3O3S/c23-15-8-6-14(7-9-15)12-26-19-18(16(21(24)29)10-17(27)20(19)28)25(22(26)30)11-13-4-2-1-3-5-13/h6-9,13,16-20,27-28H,1-5,10-12H2,(H2,24,29)/t16-,17-,18-,19-,20+/m1/s1. The highest BCUT2D eigenvalue weighted by molar-refractivity contribution is 7.80. The first-order valence-corrected chi connectivity index (χ1v) is 11.2. The zero-order chi connectivity index (χ0) is 21.4. The number of carbonyl (C=O) groups excluding carboxylic acids is 1. The van der Waals surface area contributed by atoms with Crippen LogP contribution >= 0.6 is 12.2 Å². The Hall–Kier alpha value is -1.77. The molecule has 5 atom stereocenters. The van der Waals surface area contributed by atoms with E-state index in [4.69, 9.17) is 18.0 Å². The summed E-state index contributed by atoms with van der Waals surface area (Å²) in [4.78, 5) is 16.3. The van der Waals surface area contributed by atoms with Crippen LogP contribution in [0.5, 0.6) is 0 Å². The van der Waals surface area contributed by atoms with Crippen molar-refractivity contribution in [1.82, 2.24) is 9.80 Å². The van der Waals surface area contributed by atoms with Crippen LogP contribution in [0, 0.1) is 17.7 Å². The van der Waals surface area contributed by atoms with Crippen molar-refractivity contribution in [2.45, 2.75) is 69.4 Å². The van der Waals surface area contributed by atoms with Crippen molar-refractivity contribution in [2.75, 3.05) is 6.54 Å². The van der Waals surface area contributed by atoms with Gasteiger partial charge in [-0.1, -0.05) is 31.4 Å². The molecular formula is C22H30FN3O3S. The van der Waals surface area contributed by atoms with Crippen LogP contribution in [0.25, 0.3) is 0 Å². The highest BCUT2D eigenvalue weighted by Crippen LogP contribution is 2.40. The third kappa shape index (κ3) is 4.05. The zero-order valence-electron chi connectivity index (χ0n) is 17.0. The van der Waals surface area contributed by atoms with Crippen molar-refractivity contribution in [3.63, 3.8) is 0 Å². The van der Waals surface area contributed by atoms with E-state index >= 15 is 0 Å². The number of aliphatic hydroxyl groups is 2. The molecule has 1 aromatic rings. The predicted molar refractivity (Wildman–Crippen MR) is 115 cm³/mol. The van der Waals surface area contributed by atoms with E-state index < -0.39 is 30.1 Å². The molecule has 1 aliphatic heterocycles. The summed E-state index contributed by atoms with van der Waals surface area (Å²) in [7, 11) is 0. The monoisotopic (exact) mass is 435 g/mol. The molecule has 1 heterocycles. The number of primary amides is 1. The Morgan fingerprint density at radius 3 is 2.40 bits per heavy atom. The second-order valence-electron chi connectivity index (χ2n) is 8.98. The van der Waals surface area contributed by atoms with Gasteiger partial charge in [-0.3, -0.25) is 4.79 Å². The predicted octanol–water partition coefficient (Wildman–Crippen LogP) is 1.77. The number of aliphatic hydroxyl groups excluding tert-OH is 2. The van der Waals surface area contributed by atoms with Crippen LogP contribution in [0.1, 0.15) is 44.1 Å². The van der Waals surface area contributed by atoms with Gasteiger partial charge in [0.1, 0.15) is 11.9 Å². The molecule has 1 aromatic carbocycles. The lowest BCUT2D eigenvalue weighted by molar-refractivity contribution is -0.133. The summed E-state index contributed by atoms with van der Waals surface area (Å²) in [5.41, 5.74) is 6.57. The number of nitrogens with two attached hydrogens (primary N) is 1. The van der Waals surface area contributed by atoms with E-state index in [-0.39, 0.29) is 18.3 Å². The molecule has 2 aliphatic carbocycles. The van der Waals surface area contributed by atoms with Crippen molar-refractivity contribution in [3.8, 4) is 0 Å². The molecule has 3 aliphatic rings. The number of thiocarbonyl (C=S) groups is 1. The minimum absolute atomic E-state index is 0.131. The van der Waals surface area contributed by atoms with Crippen LogP contribution in [0.2, 0.25) is 0 Å². The Labute approximate surface area is 181 Å². The summed E-state index contributed by atoms with van der Waals surface area (Å²) in [6.07, 6.45) is 3.93. The number of carbonyl (C=O) groups is 1. The first kappa shape index (κ1) is 21.5. The number of fused-ring (bicyclic) bond motifs is 1. The molecule has 2 saturated carbocycles. The Morgan fingerprint density at radius 2 is 1.77 bits per heavy atom. The number of nitrogens with zero attached hydrogens (tertiary/aromatic N) is 2. The largest absolute Gasteiger partial charge is 0.390 e. The number of rotatable bonds is 5. The lowest BCUT2D eigenvalue weighted by Crippen LogP contribution is -2.61. The topological polar surface area (TPSA) is 90.0 Å². The summed E-state index contributed by atoms with van der Waals surface area (Å²) in [5, 5.41) is 21.9. The molecule has 0 bridgehead atoms. The van der Waals surface area contributed by atoms with Crippen LogP contribution in [-0.2, 0) is 11.3 Å². The van der Waals surface area contributed by atoms with E-state index in [0.717, 1.165) is 24.9 Å². The quantitative estimate of drug-likeness (QED) is 0.611. The molecule has 8 heteroatoms. The average molecular weight is 436 g/mol. The molecule has 4 rings (SSSR count). The molecule has 1 saturated heterocycles. The fraction of sp³-hybridized carbons (Fsp3) is 0.636. The molecule has 0 radical (unpaired) electrons. The van der Waals surface area contributed by atoms with E-state index in [9.17, 15) is 19.4 Å². The Balaban J connectivity index is 1.66. The minimum Gasteiger partial charge on any atom is -0.390 e. The second kappa shape index (κ2) is 8.77. The highest BCUT2D eigenvalue weighted by atomic mass is 32.1. The van der Waals surface area contributed by atoms with Gasteiger partial charge in [-0.05, 0) is 55.1 Å². The molecule has 164 valence electrons. The van der Waals surface area contributed by atoms with Gasteiger partial charge in [-0.25, -0.2) is 4.39 Å². The third-order valence-corrected chi connectivity index (χ3v) is 7.49. The second-order valence-corrected chi connectivity index (χ2v) is 9.34.